The van der Waals surface area contributed by atoms with Crippen molar-refractivity contribution in [2.24, 2.45) is 5.41 Å². The molecule has 0 atom stereocenters. The summed E-state index contributed by atoms with van der Waals surface area (Å²) in [6.07, 6.45) is 0.834. The molecule has 1 aromatic rings. The fourth-order valence-electron chi connectivity index (χ4n) is 2.31. The second kappa shape index (κ2) is 5.59. The van der Waals surface area contributed by atoms with Gasteiger partial charge in [-0.15, -0.1) is 0 Å². The average molecular weight is 296 g/mol. The maximum absolute atomic E-state index is 12.9. The van der Waals surface area contributed by atoms with Crippen molar-refractivity contribution >= 4 is 5.69 Å². The zero-order valence-corrected chi connectivity index (χ0v) is 12.5. The minimum absolute atomic E-state index is 0.614. The number of fused-ring (bicyclic) bond motifs is 1. The topological polar surface area (TPSA) is 16.1 Å². The van der Waals surface area contributed by atoms with Crippen LogP contribution in [-0.4, -0.2) is 24.2 Å². The van der Waals surface area contributed by atoms with Crippen LogP contribution in [-0.2, 0) is 6.42 Å². The van der Waals surface area contributed by atoms with Crippen molar-refractivity contribution in [2.45, 2.75) is 39.8 Å². The Morgan fingerprint density at radius 3 is 2.62 bits per heavy atom. The highest BCUT2D eigenvalue weighted by Crippen LogP contribution is 2.37. The fourth-order valence-corrected chi connectivity index (χ4v) is 2.31. The van der Waals surface area contributed by atoms with Crippen LogP contribution in [0.15, 0.2) is 12.4 Å². The number of hydrogen-bond donors (Lipinski definition) is 0. The van der Waals surface area contributed by atoms with E-state index in [1.165, 1.54) is 0 Å². The molecule has 0 unspecified atom stereocenters. The fraction of sp³-hybridized carbons (Fsp3) is 0.562. The minimum Gasteiger partial charge on any atom is -0.370 e. The van der Waals surface area contributed by atoms with Gasteiger partial charge in [-0.3, -0.25) is 4.98 Å². The van der Waals surface area contributed by atoms with E-state index >= 15 is 0 Å². The minimum atomic E-state index is -4.34. The molecule has 0 N–H and O–H groups in total. The van der Waals surface area contributed by atoms with Gasteiger partial charge in [0.25, 0.3) is 0 Å². The van der Waals surface area contributed by atoms with Crippen LogP contribution in [0.4, 0.5) is 18.9 Å². The Kier molecular flexibility index (Phi) is 4.18. The van der Waals surface area contributed by atoms with E-state index in [4.69, 9.17) is 0 Å². The first kappa shape index (κ1) is 15.7. The zero-order chi connectivity index (χ0) is 15.7. The molecule has 21 heavy (non-hydrogen) atoms. The molecule has 1 aliphatic rings. The summed E-state index contributed by atoms with van der Waals surface area (Å²) < 4.78 is 38.6. The van der Waals surface area contributed by atoms with Crippen LogP contribution in [0.2, 0.25) is 0 Å². The number of rotatable bonds is 1. The third kappa shape index (κ3) is 3.15. The van der Waals surface area contributed by atoms with E-state index in [0.717, 1.165) is 51.0 Å². The molecule has 2 heterocycles. The van der Waals surface area contributed by atoms with Gasteiger partial charge >= 0.3 is 6.18 Å². The maximum Gasteiger partial charge on any atom is 0.404 e. The predicted octanol–water partition coefficient (Wildman–Crippen LogP) is 3.79. The van der Waals surface area contributed by atoms with E-state index in [2.05, 4.69) is 28.6 Å². The van der Waals surface area contributed by atoms with E-state index in [1.807, 2.05) is 0 Å². The van der Waals surface area contributed by atoms with Crippen molar-refractivity contribution in [2.75, 3.05) is 18.0 Å². The van der Waals surface area contributed by atoms with Crippen LogP contribution >= 0.6 is 0 Å². The Labute approximate surface area is 123 Å². The number of anilines is 1. The molecule has 2 rings (SSSR count). The molecule has 5 heteroatoms. The van der Waals surface area contributed by atoms with Gasteiger partial charge in [-0.2, -0.15) is 13.2 Å². The van der Waals surface area contributed by atoms with Crippen molar-refractivity contribution < 1.29 is 13.2 Å². The second-order valence-corrected chi connectivity index (χ2v) is 5.74. The summed E-state index contributed by atoms with van der Waals surface area (Å²) in [5.41, 5.74) is 0.612. The lowest BCUT2D eigenvalue weighted by molar-refractivity contribution is -0.190. The number of nitrogens with zero attached hydrogens (tertiary/aromatic N) is 2. The van der Waals surface area contributed by atoms with E-state index in [0.29, 0.717) is 5.56 Å². The molecule has 1 aromatic heterocycles. The van der Waals surface area contributed by atoms with Gasteiger partial charge in [0.2, 0.25) is 0 Å². The van der Waals surface area contributed by atoms with Gasteiger partial charge in [0, 0.05) is 24.8 Å². The van der Waals surface area contributed by atoms with E-state index in [-0.39, 0.29) is 0 Å². The molecule has 0 spiro atoms. The van der Waals surface area contributed by atoms with Crippen LogP contribution in [0.5, 0.6) is 0 Å². The molecule has 114 valence electrons. The SMILES string of the molecule is CCN1CCCc2c(C#CC(C)(C)C(F)(F)F)cncc21. The lowest BCUT2D eigenvalue weighted by Crippen LogP contribution is -2.30. The van der Waals surface area contributed by atoms with Crippen molar-refractivity contribution in [3.8, 4) is 11.8 Å². The van der Waals surface area contributed by atoms with E-state index in [9.17, 15) is 13.2 Å². The number of hydrogen-bond acceptors (Lipinski definition) is 2. The highest BCUT2D eigenvalue weighted by Gasteiger charge is 2.46. The van der Waals surface area contributed by atoms with E-state index < -0.39 is 11.6 Å². The van der Waals surface area contributed by atoms with Crippen LogP contribution in [0.3, 0.4) is 0 Å². The third-order valence-electron chi connectivity index (χ3n) is 3.83. The quantitative estimate of drug-likeness (QED) is 0.733. The number of pyridine rings is 1. The Balaban J connectivity index is 2.40. The summed E-state index contributed by atoms with van der Waals surface area (Å²) in [6.45, 7) is 6.07. The van der Waals surface area contributed by atoms with Gasteiger partial charge in [0.1, 0.15) is 5.41 Å². The monoisotopic (exact) mass is 296 g/mol. The number of alkyl halides is 3. The van der Waals surface area contributed by atoms with Crippen molar-refractivity contribution in [3.63, 3.8) is 0 Å². The standard InChI is InChI=1S/C16H19F3N2/c1-4-21-9-5-6-13-12(10-20-11-14(13)21)7-8-15(2,3)16(17,18)19/h10-11H,4-6,9H2,1-3H3. The van der Waals surface area contributed by atoms with E-state index in [1.54, 1.807) is 12.4 Å². The Morgan fingerprint density at radius 2 is 2.00 bits per heavy atom. The number of halogens is 3. The molecular weight excluding hydrogens is 277 g/mol. The number of aromatic nitrogens is 1. The molecule has 2 nitrogen and oxygen atoms in total. The van der Waals surface area contributed by atoms with Crippen LogP contribution in [0.1, 0.15) is 38.3 Å². The Morgan fingerprint density at radius 1 is 1.29 bits per heavy atom. The summed E-state index contributed by atoms with van der Waals surface area (Å²) in [7, 11) is 0. The molecule has 0 aromatic carbocycles. The lowest BCUT2D eigenvalue weighted by atomic mass is 9.92. The molecule has 0 saturated carbocycles. The van der Waals surface area contributed by atoms with Crippen molar-refractivity contribution in [3.05, 3.63) is 23.5 Å². The molecule has 0 fully saturated rings. The summed E-state index contributed by atoms with van der Waals surface area (Å²) in [5, 5.41) is 0. The summed E-state index contributed by atoms with van der Waals surface area (Å²) in [6, 6.07) is 0. The zero-order valence-electron chi connectivity index (χ0n) is 12.5. The molecule has 1 aliphatic heterocycles. The third-order valence-corrected chi connectivity index (χ3v) is 3.83. The highest BCUT2D eigenvalue weighted by molar-refractivity contribution is 5.60. The second-order valence-electron chi connectivity index (χ2n) is 5.74. The Hall–Kier alpha value is -1.70. The lowest BCUT2D eigenvalue weighted by Gasteiger charge is -2.30. The van der Waals surface area contributed by atoms with Crippen molar-refractivity contribution in [1.29, 1.82) is 0 Å². The maximum atomic E-state index is 12.9. The Bertz CT molecular complexity index is 579. The first-order valence-electron chi connectivity index (χ1n) is 7.08. The molecule has 0 amide bonds. The van der Waals surface area contributed by atoms with Crippen LogP contribution in [0.25, 0.3) is 0 Å². The van der Waals surface area contributed by atoms with Gasteiger partial charge in [-0.1, -0.05) is 11.8 Å². The summed E-state index contributed by atoms with van der Waals surface area (Å²) in [4.78, 5) is 6.32. The summed E-state index contributed by atoms with van der Waals surface area (Å²) >= 11 is 0. The van der Waals surface area contributed by atoms with Gasteiger partial charge in [-0.05, 0) is 39.2 Å². The molecular formula is C16H19F3N2. The molecule has 0 bridgehead atoms. The first-order valence-corrected chi connectivity index (χ1v) is 7.08. The summed E-state index contributed by atoms with van der Waals surface area (Å²) in [5.74, 6) is 5.07. The molecule has 0 saturated heterocycles. The van der Waals surface area contributed by atoms with Gasteiger partial charge < -0.3 is 4.90 Å². The average Bonchev–Trinajstić information content (AvgIpc) is 2.43. The molecule has 0 aliphatic carbocycles. The highest BCUT2D eigenvalue weighted by atomic mass is 19.4. The normalized spacial score (nSPS) is 15.2. The molecule has 0 radical (unpaired) electrons. The predicted molar refractivity (Wildman–Crippen MR) is 77.2 cm³/mol. The smallest absolute Gasteiger partial charge is 0.370 e. The van der Waals surface area contributed by atoms with Crippen molar-refractivity contribution in [1.82, 2.24) is 4.98 Å². The van der Waals surface area contributed by atoms with Gasteiger partial charge in [-0.25, -0.2) is 0 Å². The largest absolute Gasteiger partial charge is 0.404 e. The van der Waals surface area contributed by atoms with Crippen LogP contribution < -0.4 is 4.90 Å². The van der Waals surface area contributed by atoms with Crippen LogP contribution in [0, 0.1) is 17.3 Å². The first-order chi connectivity index (χ1) is 9.76. The van der Waals surface area contributed by atoms with Gasteiger partial charge in [0.05, 0.1) is 11.9 Å². The van der Waals surface area contributed by atoms with Gasteiger partial charge in [0.15, 0.2) is 0 Å².